The lowest BCUT2D eigenvalue weighted by Gasteiger charge is -2.27. The van der Waals surface area contributed by atoms with Gasteiger partial charge in [0.15, 0.2) is 0 Å². The van der Waals surface area contributed by atoms with Crippen molar-refractivity contribution in [1.82, 2.24) is 9.97 Å². The number of anilines is 1. The van der Waals surface area contributed by atoms with Gasteiger partial charge in [0.05, 0.1) is 5.92 Å². The van der Waals surface area contributed by atoms with Crippen molar-refractivity contribution in [3.63, 3.8) is 0 Å². The number of ether oxygens (including phenoxy) is 1. The Kier molecular flexibility index (Phi) is 4.68. The molecule has 2 N–H and O–H groups in total. The van der Waals surface area contributed by atoms with E-state index in [0.29, 0.717) is 31.4 Å². The summed E-state index contributed by atoms with van der Waals surface area (Å²) in [5.74, 6) is 0.347. The molecular formula is C13H19N3O3. The molecule has 1 saturated heterocycles. The lowest BCUT2D eigenvalue weighted by molar-refractivity contribution is -0.144. The van der Waals surface area contributed by atoms with Gasteiger partial charge in [-0.15, -0.1) is 0 Å². The number of nitrogens with one attached hydrogen (secondary N) is 1. The first-order valence-corrected chi connectivity index (χ1v) is 6.51. The van der Waals surface area contributed by atoms with Gasteiger partial charge in [-0.2, -0.15) is 0 Å². The van der Waals surface area contributed by atoms with Gasteiger partial charge in [-0.3, -0.25) is 4.79 Å². The van der Waals surface area contributed by atoms with Crippen LogP contribution in [0, 0.1) is 18.8 Å². The van der Waals surface area contributed by atoms with Crippen LogP contribution in [-0.4, -0.2) is 40.8 Å². The molecule has 6 heteroatoms. The van der Waals surface area contributed by atoms with Crippen molar-refractivity contribution in [2.24, 2.45) is 11.8 Å². The second kappa shape index (κ2) is 6.47. The zero-order chi connectivity index (χ0) is 13.7. The fourth-order valence-electron chi connectivity index (χ4n) is 2.34. The zero-order valence-corrected chi connectivity index (χ0v) is 11.0. The highest BCUT2D eigenvalue weighted by Gasteiger charge is 2.29. The predicted molar refractivity (Wildman–Crippen MR) is 69.9 cm³/mol. The average Bonchev–Trinajstić information content (AvgIpc) is 2.40. The maximum atomic E-state index is 11.4. The molecule has 19 heavy (non-hydrogen) atoms. The van der Waals surface area contributed by atoms with Crippen molar-refractivity contribution < 1.29 is 14.6 Å². The van der Waals surface area contributed by atoms with E-state index in [0.717, 1.165) is 12.8 Å². The molecule has 1 fully saturated rings. The van der Waals surface area contributed by atoms with E-state index in [9.17, 15) is 9.90 Å². The summed E-state index contributed by atoms with van der Waals surface area (Å²) in [6.45, 7) is 3.50. The SMILES string of the molecule is Cc1nccc(NCC(C(=O)O)C2CCOCC2)n1. The van der Waals surface area contributed by atoms with Crippen LogP contribution in [0.1, 0.15) is 18.7 Å². The Bertz CT molecular complexity index is 433. The summed E-state index contributed by atoms with van der Waals surface area (Å²) < 4.78 is 5.27. The van der Waals surface area contributed by atoms with Crippen LogP contribution in [0.5, 0.6) is 0 Å². The zero-order valence-electron chi connectivity index (χ0n) is 11.0. The number of aliphatic carboxylic acids is 1. The highest BCUT2D eigenvalue weighted by molar-refractivity contribution is 5.71. The van der Waals surface area contributed by atoms with E-state index < -0.39 is 11.9 Å². The molecule has 6 nitrogen and oxygen atoms in total. The van der Waals surface area contributed by atoms with Gasteiger partial charge in [0.1, 0.15) is 11.6 Å². The minimum absolute atomic E-state index is 0.168. The third-order valence-corrected chi connectivity index (χ3v) is 3.43. The fraction of sp³-hybridized carbons (Fsp3) is 0.615. The molecule has 1 aromatic heterocycles. The Morgan fingerprint density at radius 3 is 2.95 bits per heavy atom. The quantitative estimate of drug-likeness (QED) is 0.835. The van der Waals surface area contributed by atoms with Crippen LogP contribution in [0.15, 0.2) is 12.3 Å². The van der Waals surface area contributed by atoms with Crippen molar-refractivity contribution in [2.45, 2.75) is 19.8 Å². The lowest BCUT2D eigenvalue weighted by Crippen LogP contribution is -2.34. The Morgan fingerprint density at radius 2 is 2.32 bits per heavy atom. The smallest absolute Gasteiger partial charge is 0.308 e. The second-order valence-electron chi connectivity index (χ2n) is 4.76. The van der Waals surface area contributed by atoms with E-state index in [1.165, 1.54) is 0 Å². The average molecular weight is 265 g/mol. The van der Waals surface area contributed by atoms with E-state index in [4.69, 9.17) is 4.74 Å². The summed E-state index contributed by atoms with van der Waals surface area (Å²) in [6.07, 6.45) is 3.28. The number of aryl methyl sites for hydroxylation is 1. The summed E-state index contributed by atoms with van der Waals surface area (Å²) in [5.41, 5.74) is 0. The summed E-state index contributed by atoms with van der Waals surface area (Å²) >= 11 is 0. The number of nitrogens with zero attached hydrogens (tertiary/aromatic N) is 2. The van der Waals surface area contributed by atoms with Crippen molar-refractivity contribution in [3.05, 3.63) is 18.1 Å². The molecule has 1 aliphatic rings. The number of aromatic nitrogens is 2. The van der Waals surface area contributed by atoms with Gasteiger partial charge in [-0.05, 0) is 31.7 Å². The van der Waals surface area contributed by atoms with Crippen LogP contribution >= 0.6 is 0 Å². The van der Waals surface area contributed by atoms with Crippen LogP contribution in [0.25, 0.3) is 0 Å². The molecule has 2 rings (SSSR count). The van der Waals surface area contributed by atoms with Gasteiger partial charge in [-0.25, -0.2) is 9.97 Å². The standard InChI is InChI=1S/C13H19N3O3/c1-9-14-5-2-12(16-9)15-8-11(13(17)18)10-3-6-19-7-4-10/h2,5,10-11H,3-4,6-8H2,1H3,(H,17,18)(H,14,15,16). The predicted octanol–water partition coefficient (Wildman–Crippen LogP) is 1.32. The van der Waals surface area contributed by atoms with Crippen LogP contribution in [-0.2, 0) is 9.53 Å². The summed E-state index contributed by atoms with van der Waals surface area (Å²) in [5, 5.41) is 12.4. The normalized spacial score (nSPS) is 17.9. The number of carbonyl (C=O) groups is 1. The van der Waals surface area contributed by atoms with Crippen molar-refractivity contribution in [3.8, 4) is 0 Å². The highest BCUT2D eigenvalue weighted by atomic mass is 16.5. The molecule has 0 radical (unpaired) electrons. The molecule has 0 amide bonds. The van der Waals surface area contributed by atoms with Crippen molar-refractivity contribution in [1.29, 1.82) is 0 Å². The molecule has 1 aliphatic heterocycles. The van der Waals surface area contributed by atoms with E-state index in [1.54, 1.807) is 19.2 Å². The topological polar surface area (TPSA) is 84.3 Å². The molecule has 0 spiro atoms. The molecule has 1 unspecified atom stereocenters. The molecule has 2 heterocycles. The first kappa shape index (κ1) is 13.7. The molecule has 0 saturated carbocycles. The van der Waals surface area contributed by atoms with Crippen LogP contribution in [0.3, 0.4) is 0 Å². The van der Waals surface area contributed by atoms with Crippen LogP contribution in [0.2, 0.25) is 0 Å². The molecular weight excluding hydrogens is 246 g/mol. The Balaban J connectivity index is 1.95. The van der Waals surface area contributed by atoms with Crippen molar-refractivity contribution >= 4 is 11.8 Å². The van der Waals surface area contributed by atoms with Gasteiger partial charge >= 0.3 is 5.97 Å². The monoisotopic (exact) mass is 265 g/mol. The summed E-state index contributed by atoms with van der Waals surface area (Å²) in [6, 6.07) is 1.75. The van der Waals surface area contributed by atoms with Gasteiger partial charge in [0.2, 0.25) is 0 Å². The molecule has 1 atom stereocenters. The highest BCUT2D eigenvalue weighted by Crippen LogP contribution is 2.24. The Hall–Kier alpha value is -1.69. The number of carboxylic acids is 1. The second-order valence-corrected chi connectivity index (χ2v) is 4.76. The first-order valence-electron chi connectivity index (χ1n) is 6.51. The minimum atomic E-state index is -0.759. The third-order valence-electron chi connectivity index (χ3n) is 3.43. The Morgan fingerprint density at radius 1 is 1.58 bits per heavy atom. The van der Waals surface area contributed by atoms with E-state index >= 15 is 0 Å². The maximum Gasteiger partial charge on any atom is 0.308 e. The molecule has 0 bridgehead atoms. The van der Waals surface area contributed by atoms with Gasteiger partial charge in [0.25, 0.3) is 0 Å². The van der Waals surface area contributed by atoms with Crippen LogP contribution in [0.4, 0.5) is 5.82 Å². The minimum Gasteiger partial charge on any atom is -0.481 e. The first-order chi connectivity index (χ1) is 9.16. The molecule has 0 aliphatic carbocycles. The van der Waals surface area contributed by atoms with Gasteiger partial charge in [0, 0.05) is 26.0 Å². The lowest BCUT2D eigenvalue weighted by atomic mass is 9.86. The van der Waals surface area contributed by atoms with E-state index in [-0.39, 0.29) is 5.92 Å². The third kappa shape index (κ3) is 3.89. The largest absolute Gasteiger partial charge is 0.481 e. The molecule has 104 valence electrons. The van der Waals surface area contributed by atoms with Crippen molar-refractivity contribution in [2.75, 3.05) is 25.1 Å². The fourth-order valence-corrected chi connectivity index (χ4v) is 2.34. The van der Waals surface area contributed by atoms with E-state index in [2.05, 4.69) is 15.3 Å². The summed E-state index contributed by atoms with van der Waals surface area (Å²) in [7, 11) is 0. The number of hydrogen-bond acceptors (Lipinski definition) is 5. The number of hydrogen-bond donors (Lipinski definition) is 2. The van der Waals surface area contributed by atoms with Gasteiger partial charge in [-0.1, -0.05) is 0 Å². The van der Waals surface area contributed by atoms with Gasteiger partial charge < -0.3 is 15.2 Å². The molecule has 0 aromatic carbocycles. The number of carboxylic acid groups (broad SMARTS) is 1. The summed E-state index contributed by atoms with van der Waals surface area (Å²) in [4.78, 5) is 19.6. The van der Waals surface area contributed by atoms with Crippen LogP contribution < -0.4 is 5.32 Å². The van der Waals surface area contributed by atoms with E-state index in [1.807, 2.05) is 0 Å². The Labute approximate surface area is 112 Å². The maximum absolute atomic E-state index is 11.4. The molecule has 1 aromatic rings. The number of rotatable bonds is 5.